The average molecular weight is 260 g/mol. The van der Waals surface area contributed by atoms with E-state index in [1.807, 2.05) is 30.4 Å². The van der Waals surface area contributed by atoms with Gasteiger partial charge < -0.3 is 5.32 Å². The zero-order valence-corrected chi connectivity index (χ0v) is 11.6. The molecule has 3 nitrogen and oxygen atoms in total. The Labute approximate surface area is 106 Å². The van der Waals surface area contributed by atoms with Gasteiger partial charge in [-0.15, -0.1) is 0 Å². The molecule has 0 amide bonds. The first-order valence-electron chi connectivity index (χ1n) is 5.52. The summed E-state index contributed by atoms with van der Waals surface area (Å²) in [6, 6.07) is 0. The van der Waals surface area contributed by atoms with E-state index in [-0.39, 0.29) is 0 Å². The highest BCUT2D eigenvalue weighted by Crippen LogP contribution is 2.46. The molecule has 1 fully saturated rings. The van der Waals surface area contributed by atoms with Gasteiger partial charge in [0.15, 0.2) is 0 Å². The third kappa shape index (κ3) is 2.39. The van der Waals surface area contributed by atoms with Gasteiger partial charge in [0.1, 0.15) is 0 Å². The summed E-state index contributed by atoms with van der Waals surface area (Å²) in [5, 5.41) is 8.58. The summed E-state index contributed by atoms with van der Waals surface area (Å²) in [6.45, 7) is 3.81. The molecule has 0 radical (unpaired) electrons. The smallest absolute Gasteiger partial charge is 0.0860 e. The summed E-state index contributed by atoms with van der Waals surface area (Å²) in [5.41, 5.74) is 1.99. The van der Waals surface area contributed by atoms with E-state index in [1.165, 1.54) is 12.8 Å². The zero-order valence-electron chi connectivity index (χ0n) is 10.0. The number of aryl methyl sites for hydroxylation is 2. The summed E-state index contributed by atoms with van der Waals surface area (Å²) in [7, 11) is 1.94. The normalized spacial score (nSPS) is 17.8. The van der Waals surface area contributed by atoms with Gasteiger partial charge in [-0.3, -0.25) is 4.68 Å². The van der Waals surface area contributed by atoms with E-state index in [4.69, 9.17) is 11.6 Å². The second-order valence-electron chi connectivity index (χ2n) is 4.46. The predicted octanol–water partition coefficient (Wildman–Crippen LogP) is 2.37. The molecule has 1 saturated carbocycles. The second-order valence-corrected chi connectivity index (χ2v) is 6.11. The average Bonchev–Trinajstić information content (AvgIpc) is 2.99. The Hall–Kier alpha value is -0.190. The monoisotopic (exact) mass is 259 g/mol. The fourth-order valence-electron chi connectivity index (χ4n) is 1.87. The van der Waals surface area contributed by atoms with Crippen LogP contribution in [0.2, 0.25) is 5.02 Å². The maximum Gasteiger partial charge on any atom is 0.0860 e. The highest BCUT2D eigenvalue weighted by Gasteiger charge is 2.41. The van der Waals surface area contributed by atoms with E-state index in [0.717, 1.165) is 29.5 Å². The van der Waals surface area contributed by atoms with Crippen molar-refractivity contribution in [1.29, 1.82) is 0 Å². The third-order valence-corrected chi connectivity index (χ3v) is 5.15. The van der Waals surface area contributed by atoms with Crippen LogP contribution in [-0.4, -0.2) is 27.3 Å². The number of thioether (sulfide) groups is 1. The maximum atomic E-state index is 6.19. The lowest BCUT2D eigenvalue weighted by Gasteiger charge is -2.13. The SMILES string of the molecule is CSC1(CNCc2c(Cl)c(C)nn2C)CC1. The number of nitrogens with zero attached hydrogens (tertiary/aromatic N) is 2. The van der Waals surface area contributed by atoms with Crippen LogP contribution in [-0.2, 0) is 13.6 Å². The van der Waals surface area contributed by atoms with Crippen molar-refractivity contribution in [3.8, 4) is 0 Å². The summed E-state index contributed by atoms with van der Waals surface area (Å²) in [6.07, 6.45) is 4.86. The van der Waals surface area contributed by atoms with Gasteiger partial charge in [-0.05, 0) is 26.0 Å². The zero-order chi connectivity index (χ0) is 11.8. The van der Waals surface area contributed by atoms with Crippen LogP contribution in [0.4, 0.5) is 0 Å². The van der Waals surface area contributed by atoms with Crippen LogP contribution >= 0.6 is 23.4 Å². The van der Waals surface area contributed by atoms with Crippen LogP contribution in [0.15, 0.2) is 0 Å². The number of hydrogen-bond acceptors (Lipinski definition) is 3. The summed E-state index contributed by atoms with van der Waals surface area (Å²) in [5.74, 6) is 0. The number of hydrogen-bond donors (Lipinski definition) is 1. The molecule has 1 aromatic rings. The standard InChI is InChI=1S/C11H18ClN3S/c1-8-10(12)9(15(2)14-8)6-13-7-11(16-3)4-5-11/h13H,4-7H2,1-3H3. The molecule has 0 spiro atoms. The van der Waals surface area contributed by atoms with Crippen LogP contribution in [0.5, 0.6) is 0 Å². The van der Waals surface area contributed by atoms with Gasteiger partial charge in [0.05, 0.1) is 16.4 Å². The van der Waals surface area contributed by atoms with Gasteiger partial charge >= 0.3 is 0 Å². The van der Waals surface area contributed by atoms with Crippen molar-refractivity contribution in [1.82, 2.24) is 15.1 Å². The lowest BCUT2D eigenvalue weighted by atomic mass is 10.3. The van der Waals surface area contributed by atoms with Gasteiger partial charge in [-0.1, -0.05) is 11.6 Å². The lowest BCUT2D eigenvalue weighted by Crippen LogP contribution is -2.26. The number of aromatic nitrogens is 2. The van der Waals surface area contributed by atoms with Crippen molar-refractivity contribution in [2.24, 2.45) is 7.05 Å². The first-order valence-corrected chi connectivity index (χ1v) is 7.12. The van der Waals surface area contributed by atoms with E-state index in [9.17, 15) is 0 Å². The molecule has 1 N–H and O–H groups in total. The van der Waals surface area contributed by atoms with Crippen LogP contribution < -0.4 is 5.32 Å². The van der Waals surface area contributed by atoms with Crippen molar-refractivity contribution in [3.63, 3.8) is 0 Å². The van der Waals surface area contributed by atoms with Crippen LogP contribution in [0.1, 0.15) is 24.2 Å². The molecule has 0 saturated heterocycles. The largest absolute Gasteiger partial charge is 0.310 e. The summed E-state index contributed by atoms with van der Waals surface area (Å²) in [4.78, 5) is 0. The third-order valence-electron chi connectivity index (χ3n) is 3.24. The second kappa shape index (κ2) is 4.59. The highest BCUT2D eigenvalue weighted by atomic mass is 35.5. The van der Waals surface area contributed by atoms with Crippen molar-refractivity contribution in [3.05, 3.63) is 16.4 Å². The lowest BCUT2D eigenvalue weighted by molar-refractivity contribution is 0.612. The van der Waals surface area contributed by atoms with E-state index in [1.54, 1.807) is 0 Å². The van der Waals surface area contributed by atoms with Crippen molar-refractivity contribution >= 4 is 23.4 Å². The van der Waals surface area contributed by atoms with E-state index < -0.39 is 0 Å². The van der Waals surface area contributed by atoms with Crippen molar-refractivity contribution < 1.29 is 0 Å². The molecular formula is C11H18ClN3S. The molecule has 0 atom stereocenters. The van der Waals surface area contributed by atoms with Gasteiger partial charge in [0, 0.05) is 24.9 Å². The molecule has 0 bridgehead atoms. The van der Waals surface area contributed by atoms with Crippen molar-refractivity contribution in [2.75, 3.05) is 12.8 Å². The fraction of sp³-hybridized carbons (Fsp3) is 0.727. The van der Waals surface area contributed by atoms with Crippen LogP contribution in [0.3, 0.4) is 0 Å². The number of halogens is 1. The van der Waals surface area contributed by atoms with Crippen LogP contribution in [0.25, 0.3) is 0 Å². The summed E-state index contributed by atoms with van der Waals surface area (Å²) >= 11 is 8.15. The first-order chi connectivity index (χ1) is 7.58. The van der Waals surface area contributed by atoms with Gasteiger partial charge in [0.25, 0.3) is 0 Å². The summed E-state index contributed by atoms with van der Waals surface area (Å²) < 4.78 is 2.36. The van der Waals surface area contributed by atoms with Gasteiger partial charge in [0.2, 0.25) is 0 Å². The molecule has 16 heavy (non-hydrogen) atoms. The highest BCUT2D eigenvalue weighted by molar-refractivity contribution is 8.00. The van der Waals surface area contributed by atoms with E-state index >= 15 is 0 Å². The molecule has 5 heteroatoms. The number of rotatable bonds is 5. The Morgan fingerprint density at radius 3 is 2.69 bits per heavy atom. The molecule has 0 unspecified atom stereocenters. The molecule has 1 aromatic heterocycles. The molecule has 0 aromatic carbocycles. The Morgan fingerprint density at radius 1 is 1.56 bits per heavy atom. The quantitative estimate of drug-likeness (QED) is 0.881. The topological polar surface area (TPSA) is 29.9 Å². The van der Waals surface area contributed by atoms with Gasteiger partial charge in [-0.25, -0.2) is 0 Å². The molecule has 1 aliphatic rings. The maximum absolute atomic E-state index is 6.19. The molecule has 90 valence electrons. The fourth-order valence-corrected chi connectivity index (χ4v) is 2.86. The van der Waals surface area contributed by atoms with Crippen LogP contribution in [0, 0.1) is 6.92 Å². The minimum atomic E-state index is 0.500. The first kappa shape index (κ1) is 12.3. The Balaban J connectivity index is 1.90. The van der Waals surface area contributed by atoms with Gasteiger partial charge in [-0.2, -0.15) is 16.9 Å². The number of nitrogens with one attached hydrogen (secondary N) is 1. The van der Waals surface area contributed by atoms with E-state index in [0.29, 0.717) is 4.75 Å². The molecule has 2 rings (SSSR count). The molecule has 1 aliphatic carbocycles. The van der Waals surface area contributed by atoms with Crippen molar-refractivity contribution in [2.45, 2.75) is 31.1 Å². The predicted molar refractivity (Wildman–Crippen MR) is 70.1 cm³/mol. The Morgan fingerprint density at radius 2 is 2.25 bits per heavy atom. The molecule has 0 aliphatic heterocycles. The minimum Gasteiger partial charge on any atom is -0.310 e. The Bertz CT molecular complexity index is 385. The molecule has 1 heterocycles. The Kier molecular flexibility index (Phi) is 3.52. The van der Waals surface area contributed by atoms with E-state index in [2.05, 4.69) is 16.7 Å². The molecular weight excluding hydrogens is 242 g/mol. The minimum absolute atomic E-state index is 0.500.